The van der Waals surface area contributed by atoms with Gasteiger partial charge in [0.15, 0.2) is 0 Å². The molecule has 2 saturated carbocycles. The minimum absolute atomic E-state index is 0.115. The molecule has 5 heteroatoms. The van der Waals surface area contributed by atoms with Crippen molar-refractivity contribution in [3.05, 3.63) is 0 Å². The van der Waals surface area contributed by atoms with Crippen molar-refractivity contribution in [1.29, 1.82) is 0 Å². The zero-order valence-electron chi connectivity index (χ0n) is 12.5. The van der Waals surface area contributed by atoms with Gasteiger partial charge in [0, 0.05) is 14.0 Å². The Morgan fingerprint density at radius 3 is 1.79 bits per heavy atom. The molecule has 0 aromatic carbocycles. The first-order valence-corrected chi connectivity index (χ1v) is 6.80. The third-order valence-electron chi connectivity index (χ3n) is 4.19. The van der Waals surface area contributed by atoms with Crippen LogP contribution in [0.5, 0.6) is 0 Å². The molecule has 1 saturated heterocycles. The van der Waals surface area contributed by atoms with Crippen LogP contribution in [0.2, 0.25) is 0 Å². The maximum atomic E-state index is 9.00. The lowest BCUT2D eigenvalue weighted by Crippen LogP contribution is -2.48. The summed E-state index contributed by atoms with van der Waals surface area (Å²) >= 11 is 0. The van der Waals surface area contributed by atoms with Crippen molar-refractivity contribution >= 4 is 5.97 Å². The molecule has 0 radical (unpaired) electrons. The number of hydrogen-bond acceptors (Lipinski definition) is 4. The monoisotopic (exact) mass is 274 g/mol. The van der Waals surface area contributed by atoms with Gasteiger partial charge in [-0.05, 0) is 31.6 Å². The Morgan fingerprint density at radius 2 is 1.47 bits per heavy atom. The average molecular weight is 274 g/mol. The van der Waals surface area contributed by atoms with Crippen molar-refractivity contribution in [2.75, 3.05) is 13.7 Å². The maximum absolute atomic E-state index is 9.00. The molecule has 1 heterocycles. The van der Waals surface area contributed by atoms with E-state index in [9.17, 15) is 0 Å². The zero-order valence-corrected chi connectivity index (χ0v) is 12.5. The van der Waals surface area contributed by atoms with Gasteiger partial charge in [-0.3, -0.25) is 4.79 Å². The molecule has 2 aliphatic carbocycles. The summed E-state index contributed by atoms with van der Waals surface area (Å²) in [4.78, 5) is 9.00. The summed E-state index contributed by atoms with van der Waals surface area (Å²) in [6.45, 7) is 8.56. The average Bonchev–Trinajstić information content (AvgIpc) is 3.16. The molecule has 5 unspecified atom stereocenters. The summed E-state index contributed by atoms with van der Waals surface area (Å²) in [5.74, 6) is 0.588. The lowest BCUT2D eigenvalue weighted by molar-refractivity contribution is -0.213. The highest BCUT2D eigenvalue weighted by Crippen LogP contribution is 2.69. The number of aliphatic hydroxyl groups excluding tert-OH is 1. The topological polar surface area (TPSA) is 76.0 Å². The molecule has 3 rings (SSSR count). The highest BCUT2D eigenvalue weighted by Gasteiger charge is 2.77. The summed E-state index contributed by atoms with van der Waals surface area (Å²) in [6, 6.07) is 0. The van der Waals surface area contributed by atoms with Gasteiger partial charge in [0.1, 0.15) is 11.2 Å². The third kappa shape index (κ3) is 2.93. The fraction of sp³-hybridized carbons (Fsp3) is 0.929. The second kappa shape index (κ2) is 5.77. The molecule has 0 aromatic rings. The van der Waals surface area contributed by atoms with Gasteiger partial charge in [0.2, 0.25) is 0 Å². The molecule has 0 bridgehead atoms. The third-order valence-corrected chi connectivity index (χ3v) is 4.19. The van der Waals surface area contributed by atoms with Crippen molar-refractivity contribution < 1.29 is 24.5 Å². The van der Waals surface area contributed by atoms with Crippen LogP contribution in [0.4, 0.5) is 0 Å². The van der Waals surface area contributed by atoms with Gasteiger partial charge >= 0.3 is 0 Å². The van der Waals surface area contributed by atoms with Gasteiger partial charge in [-0.15, -0.1) is 0 Å². The summed E-state index contributed by atoms with van der Waals surface area (Å²) in [5, 5.41) is 14.4. The first kappa shape index (κ1) is 16.4. The normalized spacial score (nSPS) is 45.7. The molecule has 2 N–H and O–H groups in total. The van der Waals surface area contributed by atoms with Crippen LogP contribution in [0.1, 0.15) is 40.5 Å². The van der Waals surface area contributed by atoms with Crippen molar-refractivity contribution in [2.45, 2.75) is 57.8 Å². The second-order valence-electron chi connectivity index (χ2n) is 5.75. The molecule has 5 atom stereocenters. The summed E-state index contributed by atoms with van der Waals surface area (Å²) in [7, 11) is 1.00. The molecule has 3 fully saturated rings. The molecule has 1 aliphatic heterocycles. The minimum Gasteiger partial charge on any atom is -0.481 e. The van der Waals surface area contributed by atoms with Gasteiger partial charge in [-0.25, -0.2) is 0 Å². The Bertz CT molecular complexity index is 328. The number of ether oxygens (including phenoxy) is 2. The number of aliphatic carboxylic acids is 1. The van der Waals surface area contributed by atoms with E-state index in [-0.39, 0.29) is 11.2 Å². The van der Waals surface area contributed by atoms with Gasteiger partial charge in [0.05, 0.1) is 12.7 Å². The second-order valence-corrected chi connectivity index (χ2v) is 5.75. The van der Waals surface area contributed by atoms with E-state index < -0.39 is 5.97 Å². The van der Waals surface area contributed by atoms with Crippen LogP contribution >= 0.6 is 0 Å². The smallest absolute Gasteiger partial charge is 0.300 e. The van der Waals surface area contributed by atoms with E-state index in [2.05, 4.69) is 20.8 Å². The number of carbonyl (C=O) groups is 1. The van der Waals surface area contributed by atoms with Gasteiger partial charge in [0.25, 0.3) is 5.97 Å². The number of carboxylic acids is 1. The van der Waals surface area contributed by atoms with Crippen LogP contribution in [0.15, 0.2) is 0 Å². The Hall–Kier alpha value is -0.650. The zero-order chi connectivity index (χ0) is 14.8. The van der Waals surface area contributed by atoms with E-state index in [0.29, 0.717) is 17.9 Å². The van der Waals surface area contributed by atoms with E-state index in [1.807, 2.05) is 0 Å². The molecule has 0 aromatic heterocycles. The fourth-order valence-corrected chi connectivity index (χ4v) is 3.22. The predicted molar refractivity (Wildman–Crippen MR) is 71.0 cm³/mol. The van der Waals surface area contributed by atoms with E-state index in [4.69, 9.17) is 24.5 Å². The largest absolute Gasteiger partial charge is 0.481 e. The molecule has 112 valence electrons. The Morgan fingerprint density at radius 1 is 1.11 bits per heavy atom. The van der Waals surface area contributed by atoms with Crippen molar-refractivity contribution in [3.63, 3.8) is 0 Å². The van der Waals surface area contributed by atoms with Crippen LogP contribution in [0.25, 0.3) is 0 Å². The summed E-state index contributed by atoms with van der Waals surface area (Å²) in [5.41, 5.74) is 0.239. The number of rotatable bonds is 0. The highest BCUT2D eigenvalue weighted by atomic mass is 16.6. The number of fused-ring (bicyclic) bond motifs is 1. The van der Waals surface area contributed by atoms with Crippen LogP contribution in [0.3, 0.4) is 0 Å². The Balaban J connectivity index is 0.000000262. The first-order valence-electron chi connectivity index (χ1n) is 6.80. The van der Waals surface area contributed by atoms with Crippen LogP contribution in [-0.4, -0.2) is 47.2 Å². The lowest BCUT2D eigenvalue weighted by atomic mass is 10.0. The van der Waals surface area contributed by atoms with Crippen LogP contribution in [-0.2, 0) is 14.3 Å². The number of hydrogen-bond donors (Lipinski definition) is 2. The quantitative estimate of drug-likeness (QED) is 0.703. The van der Waals surface area contributed by atoms with Crippen LogP contribution in [0, 0.1) is 11.8 Å². The SMILES string of the molecule is CC(=O)O.CC1COC2(CC2C)C2(CC2C)O1.CO. The standard InChI is InChI=1S/C11H18O2.C2H4O2.CH4O/c1-7-4-10(7)11(5-8(11)2)13-9(3)6-12-10;1-2(3)4;1-2/h7-9H,4-6H2,1-3H3;1H3,(H,3,4);2H,1H3. The first-order chi connectivity index (χ1) is 8.84. The van der Waals surface area contributed by atoms with Crippen LogP contribution < -0.4 is 0 Å². The van der Waals surface area contributed by atoms with E-state index >= 15 is 0 Å². The molecule has 0 amide bonds. The fourth-order valence-electron chi connectivity index (χ4n) is 3.22. The van der Waals surface area contributed by atoms with Crippen molar-refractivity contribution in [1.82, 2.24) is 0 Å². The molecular weight excluding hydrogens is 248 g/mol. The van der Waals surface area contributed by atoms with Crippen molar-refractivity contribution in [3.8, 4) is 0 Å². The predicted octanol–water partition coefficient (Wildman–Crippen LogP) is 1.68. The molecule has 2 spiro atoms. The van der Waals surface area contributed by atoms with Gasteiger partial charge < -0.3 is 19.7 Å². The number of carboxylic acid groups (broad SMARTS) is 1. The summed E-state index contributed by atoms with van der Waals surface area (Å²) < 4.78 is 12.1. The summed E-state index contributed by atoms with van der Waals surface area (Å²) in [6.07, 6.45) is 2.72. The van der Waals surface area contributed by atoms with E-state index in [1.54, 1.807) is 0 Å². The minimum atomic E-state index is -0.833. The lowest BCUT2D eigenvalue weighted by Gasteiger charge is -2.38. The molecular formula is C14H26O5. The number of aliphatic hydroxyl groups is 1. The Labute approximate surface area is 114 Å². The van der Waals surface area contributed by atoms with Gasteiger partial charge in [-0.2, -0.15) is 0 Å². The van der Waals surface area contributed by atoms with Crippen molar-refractivity contribution in [2.24, 2.45) is 11.8 Å². The molecule has 3 aliphatic rings. The molecule has 19 heavy (non-hydrogen) atoms. The highest BCUT2D eigenvalue weighted by molar-refractivity contribution is 5.62. The van der Waals surface area contributed by atoms with E-state index in [1.165, 1.54) is 12.8 Å². The Kier molecular flexibility index (Phi) is 4.98. The van der Waals surface area contributed by atoms with E-state index in [0.717, 1.165) is 20.6 Å². The molecule has 5 nitrogen and oxygen atoms in total. The van der Waals surface area contributed by atoms with Gasteiger partial charge in [-0.1, -0.05) is 13.8 Å². The maximum Gasteiger partial charge on any atom is 0.300 e.